The summed E-state index contributed by atoms with van der Waals surface area (Å²) in [6, 6.07) is 6.90. The van der Waals surface area contributed by atoms with Gasteiger partial charge in [0.25, 0.3) is 5.91 Å². The van der Waals surface area contributed by atoms with Gasteiger partial charge in [-0.15, -0.1) is 0 Å². The van der Waals surface area contributed by atoms with Crippen molar-refractivity contribution in [1.82, 2.24) is 5.32 Å². The number of carbonyl (C=O) groups is 2. The van der Waals surface area contributed by atoms with Gasteiger partial charge in [0, 0.05) is 16.6 Å². The Morgan fingerprint density at radius 2 is 2.13 bits per heavy atom. The number of halogens is 1. The van der Waals surface area contributed by atoms with Crippen LogP contribution in [0, 0.1) is 0 Å². The van der Waals surface area contributed by atoms with Crippen molar-refractivity contribution in [3.63, 3.8) is 0 Å². The van der Waals surface area contributed by atoms with Crippen LogP contribution in [-0.4, -0.2) is 23.5 Å². The molecule has 0 aliphatic carbocycles. The highest BCUT2D eigenvalue weighted by Crippen LogP contribution is 2.11. The van der Waals surface area contributed by atoms with Crippen molar-refractivity contribution in [3.05, 3.63) is 34.3 Å². The van der Waals surface area contributed by atoms with Gasteiger partial charge in [0.2, 0.25) is 0 Å². The molecule has 80 valence electrons. The summed E-state index contributed by atoms with van der Waals surface area (Å²) in [5.41, 5.74) is 0.509. The Labute approximate surface area is 95.4 Å². The lowest BCUT2D eigenvalue weighted by atomic mass is 10.2. The molecule has 1 aromatic carbocycles. The molecule has 0 heterocycles. The van der Waals surface area contributed by atoms with Gasteiger partial charge in [-0.1, -0.05) is 22.0 Å². The summed E-state index contributed by atoms with van der Waals surface area (Å²) in [6.45, 7) is 0.140. The number of nitrogens with one attached hydrogen (secondary N) is 1. The zero-order valence-corrected chi connectivity index (χ0v) is 9.45. The molecule has 1 amide bonds. The van der Waals surface area contributed by atoms with Crippen molar-refractivity contribution in [2.24, 2.45) is 0 Å². The van der Waals surface area contributed by atoms with Gasteiger partial charge < -0.3 is 10.4 Å². The fourth-order valence-corrected chi connectivity index (χ4v) is 1.41. The number of hydrogen-bond donors (Lipinski definition) is 2. The molecule has 4 nitrogen and oxygen atoms in total. The van der Waals surface area contributed by atoms with E-state index >= 15 is 0 Å². The van der Waals surface area contributed by atoms with E-state index in [1.54, 1.807) is 18.2 Å². The van der Waals surface area contributed by atoms with E-state index in [9.17, 15) is 9.59 Å². The van der Waals surface area contributed by atoms with E-state index in [4.69, 9.17) is 5.11 Å². The first-order valence-electron chi connectivity index (χ1n) is 4.35. The van der Waals surface area contributed by atoms with E-state index in [2.05, 4.69) is 21.2 Å². The summed E-state index contributed by atoms with van der Waals surface area (Å²) in [4.78, 5) is 21.7. The number of amides is 1. The normalized spacial score (nSPS) is 9.67. The molecular formula is C10H10BrNO3. The molecule has 0 saturated carbocycles. The Balaban J connectivity index is 2.50. The molecule has 2 N–H and O–H groups in total. The number of carboxylic acid groups (broad SMARTS) is 1. The van der Waals surface area contributed by atoms with E-state index in [1.807, 2.05) is 6.07 Å². The minimum absolute atomic E-state index is 0.0697. The zero-order valence-electron chi connectivity index (χ0n) is 7.87. The van der Waals surface area contributed by atoms with Crippen LogP contribution in [0.15, 0.2) is 28.7 Å². The van der Waals surface area contributed by atoms with E-state index in [0.29, 0.717) is 5.56 Å². The summed E-state index contributed by atoms with van der Waals surface area (Å²) in [5.74, 6) is -1.19. The number of aliphatic carboxylic acids is 1. The highest BCUT2D eigenvalue weighted by molar-refractivity contribution is 9.10. The van der Waals surface area contributed by atoms with Crippen LogP contribution >= 0.6 is 15.9 Å². The van der Waals surface area contributed by atoms with Crippen LogP contribution in [0.1, 0.15) is 16.8 Å². The SMILES string of the molecule is O=C(O)CCNC(=O)c1cccc(Br)c1. The van der Waals surface area contributed by atoms with E-state index in [-0.39, 0.29) is 18.9 Å². The maximum Gasteiger partial charge on any atom is 0.305 e. The maximum atomic E-state index is 11.5. The second-order valence-corrected chi connectivity index (χ2v) is 3.83. The number of hydrogen-bond acceptors (Lipinski definition) is 2. The average molecular weight is 272 g/mol. The lowest BCUT2D eigenvalue weighted by Crippen LogP contribution is -2.25. The summed E-state index contributed by atoms with van der Waals surface area (Å²) >= 11 is 3.25. The van der Waals surface area contributed by atoms with Crippen molar-refractivity contribution in [3.8, 4) is 0 Å². The Bertz CT molecular complexity index is 379. The minimum Gasteiger partial charge on any atom is -0.481 e. The lowest BCUT2D eigenvalue weighted by Gasteiger charge is -2.03. The summed E-state index contributed by atoms with van der Waals surface area (Å²) in [7, 11) is 0. The average Bonchev–Trinajstić information content (AvgIpc) is 2.17. The van der Waals surface area contributed by atoms with Gasteiger partial charge in [-0.25, -0.2) is 0 Å². The Kier molecular flexibility index (Phi) is 4.30. The quantitative estimate of drug-likeness (QED) is 0.875. The first-order chi connectivity index (χ1) is 7.09. The largest absolute Gasteiger partial charge is 0.481 e. The number of carboxylic acids is 1. The predicted molar refractivity (Wildman–Crippen MR) is 58.7 cm³/mol. The molecule has 15 heavy (non-hydrogen) atoms. The highest BCUT2D eigenvalue weighted by Gasteiger charge is 2.05. The number of benzene rings is 1. The van der Waals surface area contributed by atoms with Gasteiger partial charge in [-0.3, -0.25) is 9.59 Å². The summed E-state index contributed by atoms with van der Waals surface area (Å²) < 4.78 is 0.813. The van der Waals surface area contributed by atoms with E-state index in [0.717, 1.165) is 4.47 Å². The fourth-order valence-electron chi connectivity index (χ4n) is 1.01. The van der Waals surface area contributed by atoms with Gasteiger partial charge in [-0.2, -0.15) is 0 Å². The molecule has 0 aliphatic rings. The molecular weight excluding hydrogens is 262 g/mol. The molecule has 0 bridgehead atoms. The molecule has 5 heteroatoms. The van der Waals surface area contributed by atoms with E-state index in [1.165, 1.54) is 0 Å². The molecule has 1 aromatic rings. The molecule has 0 radical (unpaired) electrons. The molecule has 0 aromatic heterocycles. The monoisotopic (exact) mass is 271 g/mol. The molecule has 0 aliphatic heterocycles. The van der Waals surface area contributed by atoms with Gasteiger partial charge in [-0.05, 0) is 18.2 Å². The second-order valence-electron chi connectivity index (χ2n) is 2.91. The first-order valence-corrected chi connectivity index (χ1v) is 5.14. The van der Waals surface area contributed by atoms with Gasteiger partial charge in [0.05, 0.1) is 6.42 Å². The first kappa shape index (κ1) is 11.7. The predicted octanol–water partition coefficient (Wildman–Crippen LogP) is 1.65. The number of carbonyl (C=O) groups excluding carboxylic acids is 1. The smallest absolute Gasteiger partial charge is 0.305 e. The maximum absolute atomic E-state index is 11.5. The lowest BCUT2D eigenvalue weighted by molar-refractivity contribution is -0.136. The number of rotatable bonds is 4. The molecule has 0 spiro atoms. The van der Waals surface area contributed by atoms with Crippen molar-refractivity contribution in [2.75, 3.05) is 6.54 Å². The fraction of sp³-hybridized carbons (Fsp3) is 0.200. The van der Waals surface area contributed by atoms with Crippen LogP contribution in [0.3, 0.4) is 0 Å². The summed E-state index contributed by atoms with van der Waals surface area (Å²) in [6.07, 6.45) is -0.0697. The topological polar surface area (TPSA) is 66.4 Å². The van der Waals surface area contributed by atoms with Crippen molar-refractivity contribution >= 4 is 27.8 Å². The minimum atomic E-state index is -0.926. The summed E-state index contributed by atoms with van der Waals surface area (Å²) in [5, 5.41) is 10.9. The van der Waals surface area contributed by atoms with E-state index < -0.39 is 5.97 Å². The zero-order chi connectivity index (χ0) is 11.3. The molecule has 0 atom stereocenters. The highest BCUT2D eigenvalue weighted by atomic mass is 79.9. The van der Waals surface area contributed by atoms with Crippen LogP contribution in [-0.2, 0) is 4.79 Å². The van der Waals surface area contributed by atoms with Crippen LogP contribution < -0.4 is 5.32 Å². The van der Waals surface area contributed by atoms with Crippen molar-refractivity contribution in [2.45, 2.75) is 6.42 Å². The third-order valence-electron chi connectivity index (χ3n) is 1.71. The standard InChI is InChI=1S/C10H10BrNO3/c11-8-3-1-2-7(6-8)10(15)12-5-4-9(13)14/h1-3,6H,4-5H2,(H,12,15)(H,13,14). The molecule has 1 rings (SSSR count). The van der Waals surface area contributed by atoms with Crippen LogP contribution in [0.4, 0.5) is 0 Å². The third-order valence-corrected chi connectivity index (χ3v) is 2.20. The van der Waals surface area contributed by atoms with Crippen molar-refractivity contribution in [1.29, 1.82) is 0 Å². The third kappa shape index (κ3) is 4.12. The second kappa shape index (κ2) is 5.50. The van der Waals surface area contributed by atoms with Gasteiger partial charge >= 0.3 is 5.97 Å². The van der Waals surface area contributed by atoms with Gasteiger partial charge in [0.1, 0.15) is 0 Å². The molecule has 0 fully saturated rings. The Hall–Kier alpha value is -1.36. The van der Waals surface area contributed by atoms with Crippen LogP contribution in [0.2, 0.25) is 0 Å². The van der Waals surface area contributed by atoms with Crippen molar-refractivity contribution < 1.29 is 14.7 Å². The Morgan fingerprint density at radius 1 is 1.40 bits per heavy atom. The Morgan fingerprint density at radius 3 is 2.73 bits per heavy atom. The molecule has 0 saturated heterocycles. The van der Waals surface area contributed by atoms with Crippen LogP contribution in [0.5, 0.6) is 0 Å². The van der Waals surface area contributed by atoms with Gasteiger partial charge in [0.15, 0.2) is 0 Å². The molecule has 0 unspecified atom stereocenters. The van der Waals surface area contributed by atoms with Crippen LogP contribution in [0.25, 0.3) is 0 Å².